The van der Waals surface area contributed by atoms with Gasteiger partial charge in [-0.1, -0.05) is 115 Å². The molecule has 0 heterocycles. The number of aliphatic hydroxyl groups excluding tert-OH is 4. The zero-order valence-electron chi connectivity index (χ0n) is 33.5. The lowest BCUT2D eigenvalue weighted by Gasteiger charge is -2.44. The summed E-state index contributed by atoms with van der Waals surface area (Å²) in [6, 6.07) is 41.3. The van der Waals surface area contributed by atoms with Gasteiger partial charge in [0, 0.05) is 35.0 Å². The van der Waals surface area contributed by atoms with E-state index in [0.29, 0.717) is 12.8 Å². The summed E-state index contributed by atoms with van der Waals surface area (Å²) in [6.07, 6.45) is 0.945. The van der Waals surface area contributed by atoms with Gasteiger partial charge in [-0.2, -0.15) is 0 Å². The molecule has 4 N–H and O–H groups in total. The van der Waals surface area contributed by atoms with Gasteiger partial charge in [0.05, 0.1) is 49.1 Å². The predicted octanol–water partition coefficient (Wildman–Crippen LogP) is 7.29. The lowest BCUT2D eigenvalue weighted by atomic mass is 9.67. The number of carbonyl (C=O) groups is 2. The third kappa shape index (κ3) is 12.0. The fourth-order valence-corrected chi connectivity index (χ4v) is 12.5. The number of Topliss-reactive ketones (excluding diaryl/α,β-unsaturated/α-hetero) is 2. The number of hydrogen-bond acceptors (Lipinski definition) is 9. The quantitative estimate of drug-likeness (QED) is 0.0195. The largest absolute Gasteiger partial charge is 0.660 e. The summed E-state index contributed by atoms with van der Waals surface area (Å²) < 4.78 is 49.5. The Balaban J connectivity index is 1.53. The summed E-state index contributed by atoms with van der Waals surface area (Å²) in [4.78, 5) is 27.5. The van der Waals surface area contributed by atoms with Gasteiger partial charge >= 0.3 is 7.32 Å². The minimum absolute atomic E-state index is 0.00295. The molecule has 0 fully saturated rings. The molecule has 9 nitrogen and oxygen atoms in total. The molecule has 320 valence electrons. The third-order valence-electron chi connectivity index (χ3n) is 10.3. The average Bonchev–Trinajstić information content (AvgIpc) is 3.25. The van der Waals surface area contributed by atoms with Gasteiger partial charge in [0.2, 0.25) is 0 Å². The van der Waals surface area contributed by atoms with Crippen LogP contribution in [0.4, 0.5) is 8.78 Å². The van der Waals surface area contributed by atoms with Crippen LogP contribution in [0.5, 0.6) is 0 Å². The SMILES string of the molecule is O=C(CS(CCO)(CCO)OB(OCCCC(c1ccccc1)(c1ccccc1)c1ccccc1)OS(CCO)(CCO)CC(=O)c1ccccc1F)c1ccccc1F. The molecule has 0 spiro atoms. The average molecular weight is 863 g/mol. The Morgan fingerprint density at radius 1 is 0.517 bits per heavy atom. The number of rotatable bonds is 26. The maximum absolute atomic E-state index is 14.9. The molecule has 0 aliphatic rings. The highest BCUT2D eigenvalue weighted by Crippen LogP contribution is 2.55. The van der Waals surface area contributed by atoms with Crippen molar-refractivity contribution in [1.29, 1.82) is 0 Å². The molecular formula is C46H53BF2O9S2. The molecule has 0 aromatic heterocycles. The summed E-state index contributed by atoms with van der Waals surface area (Å²) >= 11 is 0. The molecule has 5 rings (SSSR count). The smallest absolute Gasteiger partial charge is 0.395 e. The molecular weight excluding hydrogens is 809 g/mol. The molecule has 0 aliphatic carbocycles. The normalized spacial score (nSPS) is 12.6. The van der Waals surface area contributed by atoms with Crippen molar-refractivity contribution in [3.63, 3.8) is 0 Å². The van der Waals surface area contributed by atoms with Crippen molar-refractivity contribution in [3.8, 4) is 0 Å². The van der Waals surface area contributed by atoms with Crippen molar-refractivity contribution in [3.05, 3.63) is 179 Å². The predicted molar refractivity (Wildman–Crippen MR) is 237 cm³/mol. The molecule has 0 aliphatic heterocycles. The van der Waals surface area contributed by atoms with E-state index in [2.05, 4.69) is 36.4 Å². The second-order valence-electron chi connectivity index (χ2n) is 14.2. The van der Waals surface area contributed by atoms with E-state index in [0.717, 1.165) is 28.8 Å². The number of benzene rings is 5. The second kappa shape index (κ2) is 23.1. The van der Waals surface area contributed by atoms with E-state index >= 15 is 0 Å². The minimum Gasteiger partial charge on any atom is -0.395 e. The first kappa shape index (κ1) is 46.8. The molecule has 0 saturated carbocycles. The van der Waals surface area contributed by atoms with Gasteiger partial charge in [-0.05, 0) is 53.8 Å². The zero-order chi connectivity index (χ0) is 42.9. The molecule has 0 atom stereocenters. The molecule has 0 saturated heterocycles. The Morgan fingerprint density at radius 3 is 1.18 bits per heavy atom. The van der Waals surface area contributed by atoms with Gasteiger partial charge in [-0.15, -0.1) is 20.6 Å². The first-order chi connectivity index (χ1) is 29.1. The van der Waals surface area contributed by atoms with Crippen LogP contribution in [0.2, 0.25) is 0 Å². The Labute approximate surface area is 354 Å². The molecule has 60 heavy (non-hydrogen) atoms. The van der Waals surface area contributed by atoms with Gasteiger partial charge in [0.1, 0.15) is 11.6 Å². The topological polar surface area (TPSA) is 143 Å². The Morgan fingerprint density at radius 2 is 0.850 bits per heavy atom. The van der Waals surface area contributed by atoms with Crippen molar-refractivity contribution in [2.45, 2.75) is 18.3 Å². The van der Waals surface area contributed by atoms with Crippen LogP contribution in [0.25, 0.3) is 0 Å². The van der Waals surface area contributed by atoms with E-state index in [-0.39, 0.29) is 40.7 Å². The summed E-state index contributed by atoms with van der Waals surface area (Å²) in [5, 5.41) is 41.3. The standard InChI is InChI=1S/C46H53BF2O9S2/c48-42-23-12-10-21-40(42)44(54)35-59(31-26-50,32-27-51)57-47(58-60(33-28-52,34-29-53)36-45(55)41-22-11-13-24-43(41)49)56-30-14-25-46(37-15-4-1-5-16-37,38-17-6-2-7-18-38)39-19-8-3-9-20-39/h1-13,15-24,50-53H,14,25-36H2. The zero-order valence-corrected chi connectivity index (χ0v) is 35.1. The Hall–Kier alpha value is -4.22. The van der Waals surface area contributed by atoms with Crippen LogP contribution in [0.15, 0.2) is 140 Å². The van der Waals surface area contributed by atoms with E-state index in [4.69, 9.17) is 12.9 Å². The van der Waals surface area contributed by atoms with Gasteiger partial charge in [-0.25, -0.2) is 8.78 Å². The van der Waals surface area contributed by atoms with Crippen molar-refractivity contribution in [2.24, 2.45) is 0 Å². The van der Waals surface area contributed by atoms with Gasteiger partial charge in [-0.3, -0.25) is 9.59 Å². The molecule has 5 aromatic rings. The number of ketones is 2. The maximum Gasteiger partial charge on any atom is 0.660 e. The molecule has 0 bridgehead atoms. The monoisotopic (exact) mass is 862 g/mol. The summed E-state index contributed by atoms with van der Waals surface area (Å²) in [5.41, 5.74) is 2.13. The highest BCUT2D eigenvalue weighted by atomic mass is 32.3. The molecule has 0 radical (unpaired) electrons. The molecule has 14 heteroatoms. The van der Waals surface area contributed by atoms with Crippen molar-refractivity contribution in [2.75, 3.05) is 67.6 Å². The van der Waals surface area contributed by atoms with Crippen LogP contribution in [0.1, 0.15) is 50.2 Å². The number of hydrogen-bond donors (Lipinski definition) is 4. The molecule has 5 aromatic carbocycles. The Bertz CT molecular complexity index is 1890. The van der Waals surface area contributed by atoms with Gasteiger partial charge in [0.25, 0.3) is 0 Å². The third-order valence-corrected chi connectivity index (χ3v) is 16.7. The van der Waals surface area contributed by atoms with Crippen LogP contribution < -0.4 is 0 Å². The summed E-state index contributed by atoms with van der Waals surface area (Å²) in [5.74, 6) is -4.03. The number of aliphatic hydroxyl groups is 4. The number of carbonyl (C=O) groups excluding carboxylic acids is 2. The van der Waals surface area contributed by atoms with Crippen LogP contribution >= 0.6 is 20.6 Å². The van der Waals surface area contributed by atoms with Gasteiger partial charge < -0.3 is 33.3 Å². The Kier molecular flexibility index (Phi) is 18.1. The highest BCUT2D eigenvalue weighted by Gasteiger charge is 2.43. The van der Waals surface area contributed by atoms with E-state index in [1.54, 1.807) is 0 Å². The molecule has 0 unspecified atom stereocenters. The van der Waals surface area contributed by atoms with E-state index in [1.807, 2.05) is 54.6 Å². The van der Waals surface area contributed by atoms with Crippen molar-refractivity contribution >= 4 is 39.5 Å². The fourth-order valence-electron chi connectivity index (χ4n) is 7.45. The second-order valence-corrected chi connectivity index (χ2v) is 20.7. The molecule has 0 amide bonds. The number of halogens is 2. The fraction of sp³-hybridized carbons (Fsp3) is 0.304. The summed E-state index contributed by atoms with van der Waals surface area (Å²) in [7, 11) is -7.39. The van der Waals surface area contributed by atoms with Crippen LogP contribution in [-0.2, 0) is 18.3 Å². The van der Waals surface area contributed by atoms with Crippen LogP contribution in [-0.4, -0.2) is 107 Å². The van der Waals surface area contributed by atoms with Crippen LogP contribution in [0.3, 0.4) is 0 Å². The van der Waals surface area contributed by atoms with Crippen molar-refractivity contribution < 1.29 is 51.7 Å². The highest BCUT2D eigenvalue weighted by molar-refractivity contribution is 8.32. The van der Waals surface area contributed by atoms with E-state index in [1.165, 1.54) is 36.4 Å². The van der Waals surface area contributed by atoms with Gasteiger partial charge in [0.15, 0.2) is 11.6 Å². The summed E-state index contributed by atoms with van der Waals surface area (Å²) in [6.45, 7) is -1.84. The lowest BCUT2D eigenvalue weighted by molar-refractivity contribution is 0.100. The van der Waals surface area contributed by atoms with E-state index < -0.39 is 94.5 Å². The first-order valence-corrected chi connectivity index (χ1v) is 23.9. The first-order valence-electron chi connectivity index (χ1n) is 19.8. The minimum atomic E-state index is -2.87. The maximum atomic E-state index is 14.9. The lowest BCUT2D eigenvalue weighted by Crippen LogP contribution is -2.39. The van der Waals surface area contributed by atoms with E-state index in [9.17, 15) is 38.8 Å². The van der Waals surface area contributed by atoms with Crippen molar-refractivity contribution in [1.82, 2.24) is 0 Å². The van der Waals surface area contributed by atoms with Crippen LogP contribution in [0, 0.1) is 11.6 Å².